The SMILES string of the molecule is Cc1cc(OCCCc2c3n(c4c(-c5c(C)nn(C)c5C)c(Cl)ccc24)[C@H](C)CN(c2cccc4cc[nH]c24)C3=O)cc(C)c1Cl. The molecule has 1 aliphatic heterocycles. The van der Waals surface area contributed by atoms with E-state index in [4.69, 9.17) is 33.0 Å². The minimum atomic E-state index is -0.0158. The minimum Gasteiger partial charge on any atom is -0.494 e. The first-order chi connectivity index (χ1) is 22.1. The molecule has 0 saturated heterocycles. The number of H-pyrrole nitrogens is 1. The fourth-order valence-electron chi connectivity index (χ4n) is 7.23. The highest BCUT2D eigenvalue weighted by Crippen LogP contribution is 2.45. The summed E-state index contributed by atoms with van der Waals surface area (Å²) in [6.07, 6.45) is 3.31. The molecule has 9 heteroatoms. The van der Waals surface area contributed by atoms with Crippen LogP contribution in [0.25, 0.3) is 32.9 Å². The molecule has 6 aromatic rings. The van der Waals surface area contributed by atoms with Crippen molar-refractivity contribution in [1.29, 1.82) is 0 Å². The monoisotopic (exact) mass is 653 g/mol. The van der Waals surface area contributed by atoms with Gasteiger partial charge >= 0.3 is 0 Å². The zero-order valence-corrected chi connectivity index (χ0v) is 28.5. The zero-order valence-electron chi connectivity index (χ0n) is 27.0. The van der Waals surface area contributed by atoms with Gasteiger partial charge in [-0.15, -0.1) is 0 Å². The van der Waals surface area contributed by atoms with Crippen LogP contribution in [0, 0.1) is 27.7 Å². The van der Waals surface area contributed by atoms with Crippen LogP contribution in [-0.4, -0.2) is 38.4 Å². The quantitative estimate of drug-likeness (QED) is 0.175. The Morgan fingerprint density at radius 2 is 1.78 bits per heavy atom. The molecule has 0 unspecified atom stereocenters. The molecule has 0 bridgehead atoms. The number of benzene rings is 3. The standard InChI is InChI=1S/C37H37Cl2N5O2/c1-20-17-26(18-21(2)33(20)39)46-16-8-10-27-28-12-13-29(38)32(31-23(4)41-42(6)24(31)5)35(28)44-22(3)19-43(37(45)36(27)44)30-11-7-9-25-14-15-40-34(25)30/h7,9,11-15,17-18,22,40H,8,10,16,19H2,1-6H3/t22-/m1/s1. The third kappa shape index (κ3) is 4.79. The maximum Gasteiger partial charge on any atom is 0.275 e. The van der Waals surface area contributed by atoms with Crippen molar-refractivity contribution in [1.82, 2.24) is 19.3 Å². The van der Waals surface area contributed by atoms with E-state index in [1.54, 1.807) is 0 Å². The van der Waals surface area contributed by atoms with Gasteiger partial charge in [-0.25, -0.2) is 0 Å². The molecule has 3 aromatic carbocycles. The number of anilines is 1. The van der Waals surface area contributed by atoms with E-state index < -0.39 is 0 Å². The molecule has 7 nitrogen and oxygen atoms in total. The van der Waals surface area contributed by atoms with Crippen molar-refractivity contribution < 1.29 is 9.53 Å². The molecule has 7 rings (SSSR count). The van der Waals surface area contributed by atoms with Crippen molar-refractivity contribution in [2.24, 2.45) is 7.05 Å². The zero-order chi connectivity index (χ0) is 32.4. The highest BCUT2D eigenvalue weighted by Gasteiger charge is 2.37. The maximum absolute atomic E-state index is 14.7. The Bertz CT molecular complexity index is 2150. The number of halogens is 2. The van der Waals surface area contributed by atoms with Gasteiger partial charge in [0.2, 0.25) is 0 Å². The van der Waals surface area contributed by atoms with E-state index in [0.717, 1.165) is 83.9 Å². The number of hydrogen-bond acceptors (Lipinski definition) is 3. The summed E-state index contributed by atoms with van der Waals surface area (Å²) in [5.41, 5.74) is 10.4. The summed E-state index contributed by atoms with van der Waals surface area (Å²) in [6, 6.07) is 16.1. The number of carbonyl (C=O) groups excluding carboxylic acids is 1. The average Bonchev–Trinajstić information content (AvgIpc) is 3.70. The van der Waals surface area contributed by atoms with Crippen LogP contribution in [0.3, 0.4) is 0 Å². The van der Waals surface area contributed by atoms with Crippen molar-refractivity contribution in [3.63, 3.8) is 0 Å². The molecule has 0 radical (unpaired) electrons. The van der Waals surface area contributed by atoms with E-state index >= 15 is 0 Å². The van der Waals surface area contributed by atoms with Crippen molar-refractivity contribution >= 4 is 56.6 Å². The lowest BCUT2D eigenvalue weighted by Gasteiger charge is -2.34. The second-order valence-electron chi connectivity index (χ2n) is 12.5. The summed E-state index contributed by atoms with van der Waals surface area (Å²) in [5, 5.41) is 8.24. The number of amides is 1. The number of nitrogens with zero attached hydrogens (tertiary/aromatic N) is 4. The summed E-state index contributed by atoms with van der Waals surface area (Å²) in [5.74, 6) is 0.785. The van der Waals surface area contributed by atoms with Gasteiger partial charge in [-0.05, 0) is 94.5 Å². The largest absolute Gasteiger partial charge is 0.494 e. The van der Waals surface area contributed by atoms with Crippen LogP contribution in [0.1, 0.15) is 58.0 Å². The minimum absolute atomic E-state index is 0.0139. The van der Waals surface area contributed by atoms with Crippen LogP contribution in [0.15, 0.2) is 54.7 Å². The van der Waals surface area contributed by atoms with Gasteiger partial charge in [0.25, 0.3) is 5.91 Å². The lowest BCUT2D eigenvalue weighted by atomic mass is 9.98. The Hall–Kier alpha value is -4.20. The molecule has 4 heterocycles. The topological polar surface area (TPSA) is 68.1 Å². The molecule has 1 atom stereocenters. The van der Waals surface area contributed by atoms with Crippen molar-refractivity contribution in [2.45, 2.75) is 53.5 Å². The summed E-state index contributed by atoms with van der Waals surface area (Å²) in [6.45, 7) is 11.3. The van der Waals surface area contributed by atoms with Gasteiger partial charge in [0.15, 0.2) is 0 Å². The van der Waals surface area contributed by atoms with Crippen LogP contribution in [0.2, 0.25) is 10.0 Å². The van der Waals surface area contributed by atoms with E-state index in [2.05, 4.69) is 35.5 Å². The fourth-order valence-corrected chi connectivity index (χ4v) is 7.59. The number of aromatic amines is 1. The van der Waals surface area contributed by atoms with E-state index in [1.807, 2.05) is 80.0 Å². The predicted octanol–water partition coefficient (Wildman–Crippen LogP) is 9.30. The number of aryl methyl sites for hydroxylation is 5. The maximum atomic E-state index is 14.7. The van der Waals surface area contributed by atoms with E-state index in [0.29, 0.717) is 30.3 Å². The number of rotatable bonds is 7. The van der Waals surface area contributed by atoms with Crippen LogP contribution in [-0.2, 0) is 13.5 Å². The first-order valence-electron chi connectivity index (χ1n) is 15.7. The van der Waals surface area contributed by atoms with Crippen molar-refractivity contribution in [3.05, 3.63) is 98.5 Å². The van der Waals surface area contributed by atoms with Gasteiger partial charge in [0.1, 0.15) is 11.4 Å². The number of hydrogen-bond donors (Lipinski definition) is 1. The highest BCUT2D eigenvalue weighted by atomic mass is 35.5. The molecule has 1 N–H and O–H groups in total. The second-order valence-corrected chi connectivity index (χ2v) is 13.3. The fraction of sp³-hybridized carbons (Fsp3) is 0.297. The molecule has 3 aromatic heterocycles. The van der Waals surface area contributed by atoms with E-state index in [9.17, 15) is 4.79 Å². The molecule has 46 heavy (non-hydrogen) atoms. The van der Waals surface area contributed by atoms with Gasteiger partial charge in [-0.3, -0.25) is 9.48 Å². The molecule has 0 spiro atoms. The van der Waals surface area contributed by atoms with Crippen LogP contribution >= 0.6 is 23.2 Å². The first kappa shape index (κ1) is 30.5. The summed E-state index contributed by atoms with van der Waals surface area (Å²) in [4.78, 5) is 20.0. The van der Waals surface area contributed by atoms with Crippen LogP contribution in [0.5, 0.6) is 5.75 Å². The Morgan fingerprint density at radius 1 is 1.02 bits per heavy atom. The number of carbonyl (C=O) groups is 1. The first-order valence-corrected chi connectivity index (χ1v) is 16.5. The predicted molar refractivity (Wildman–Crippen MR) is 188 cm³/mol. The molecular formula is C37H37Cl2N5O2. The molecular weight excluding hydrogens is 617 g/mol. The molecule has 0 fully saturated rings. The van der Waals surface area contributed by atoms with Gasteiger partial charge in [-0.1, -0.05) is 41.4 Å². The van der Waals surface area contributed by atoms with E-state index in [1.165, 1.54) is 0 Å². The van der Waals surface area contributed by atoms with Gasteiger partial charge in [0, 0.05) is 58.4 Å². The Morgan fingerprint density at radius 3 is 2.50 bits per heavy atom. The lowest BCUT2D eigenvalue weighted by molar-refractivity contribution is 0.0957. The lowest BCUT2D eigenvalue weighted by Crippen LogP contribution is -2.42. The van der Waals surface area contributed by atoms with Crippen molar-refractivity contribution in [2.75, 3.05) is 18.1 Å². The smallest absolute Gasteiger partial charge is 0.275 e. The summed E-state index contributed by atoms with van der Waals surface area (Å²) >= 11 is 13.4. The molecule has 0 aliphatic carbocycles. The third-order valence-corrected chi connectivity index (χ3v) is 10.3. The van der Waals surface area contributed by atoms with Gasteiger partial charge in [-0.2, -0.15) is 5.10 Å². The molecule has 236 valence electrons. The third-order valence-electron chi connectivity index (χ3n) is 9.42. The van der Waals surface area contributed by atoms with Gasteiger partial charge in [0.05, 0.1) is 34.0 Å². The normalized spacial score (nSPS) is 14.9. The van der Waals surface area contributed by atoms with E-state index in [-0.39, 0.29) is 11.9 Å². The Kier molecular flexibility index (Phi) is 7.65. The highest BCUT2D eigenvalue weighted by molar-refractivity contribution is 6.35. The average molecular weight is 655 g/mol. The van der Waals surface area contributed by atoms with Crippen LogP contribution < -0.4 is 9.64 Å². The van der Waals surface area contributed by atoms with Crippen molar-refractivity contribution in [3.8, 4) is 16.9 Å². The number of ether oxygens (including phenoxy) is 1. The summed E-state index contributed by atoms with van der Waals surface area (Å²) < 4.78 is 10.3. The number of para-hydroxylation sites is 1. The number of fused-ring (bicyclic) bond motifs is 4. The number of nitrogens with one attached hydrogen (secondary N) is 1. The summed E-state index contributed by atoms with van der Waals surface area (Å²) in [7, 11) is 1.95. The Balaban J connectivity index is 1.36. The van der Waals surface area contributed by atoms with Gasteiger partial charge < -0.3 is 19.2 Å². The molecule has 1 aliphatic rings. The second kappa shape index (κ2) is 11.6. The Labute approximate surface area is 278 Å². The number of aromatic nitrogens is 4. The van der Waals surface area contributed by atoms with Crippen LogP contribution in [0.4, 0.5) is 5.69 Å². The molecule has 0 saturated carbocycles. The molecule has 1 amide bonds.